The number of fused-ring (bicyclic) bond motifs is 1. The molecular formula is C12H11NO3. The third-order valence-corrected chi connectivity index (χ3v) is 2.63. The minimum atomic E-state index is -0.411. The summed E-state index contributed by atoms with van der Waals surface area (Å²) in [6, 6.07) is 5.04. The lowest BCUT2D eigenvalue weighted by Gasteiger charge is -2.12. The SMILES string of the molecule is CN(C)c1ccc2c(c1)C(=O)/C(=C\O)C2=O. The Balaban J connectivity index is 2.61. The van der Waals surface area contributed by atoms with Gasteiger partial charge in [-0.25, -0.2) is 0 Å². The lowest BCUT2D eigenvalue weighted by molar-refractivity contribution is 0.0984. The van der Waals surface area contributed by atoms with E-state index < -0.39 is 11.6 Å². The van der Waals surface area contributed by atoms with Crippen molar-refractivity contribution in [2.24, 2.45) is 0 Å². The number of allylic oxidation sites excluding steroid dienone is 1. The molecule has 1 aliphatic carbocycles. The summed E-state index contributed by atoms with van der Waals surface area (Å²) in [6.45, 7) is 0. The van der Waals surface area contributed by atoms with Crippen LogP contribution in [0.25, 0.3) is 0 Å². The molecule has 0 saturated heterocycles. The van der Waals surface area contributed by atoms with Crippen LogP contribution in [-0.2, 0) is 0 Å². The summed E-state index contributed by atoms with van der Waals surface area (Å²) >= 11 is 0. The topological polar surface area (TPSA) is 57.6 Å². The van der Waals surface area contributed by atoms with Crippen molar-refractivity contribution in [1.82, 2.24) is 0 Å². The van der Waals surface area contributed by atoms with Crippen molar-refractivity contribution in [2.45, 2.75) is 0 Å². The number of anilines is 1. The van der Waals surface area contributed by atoms with E-state index in [0.717, 1.165) is 5.69 Å². The minimum absolute atomic E-state index is 0.161. The van der Waals surface area contributed by atoms with E-state index in [1.54, 1.807) is 18.2 Å². The molecule has 0 unspecified atom stereocenters. The van der Waals surface area contributed by atoms with E-state index in [4.69, 9.17) is 5.11 Å². The summed E-state index contributed by atoms with van der Waals surface area (Å²) in [5, 5.41) is 8.84. The number of carbonyl (C=O) groups excluding carboxylic acids is 2. The summed E-state index contributed by atoms with van der Waals surface area (Å²) in [4.78, 5) is 25.2. The van der Waals surface area contributed by atoms with E-state index in [9.17, 15) is 9.59 Å². The van der Waals surface area contributed by atoms with Crippen molar-refractivity contribution in [2.75, 3.05) is 19.0 Å². The Bertz CT molecular complexity index is 515. The summed E-state index contributed by atoms with van der Waals surface area (Å²) < 4.78 is 0. The number of ketones is 2. The molecule has 0 saturated carbocycles. The van der Waals surface area contributed by atoms with Crippen LogP contribution < -0.4 is 4.90 Å². The average Bonchev–Trinajstić information content (AvgIpc) is 2.51. The molecule has 0 bridgehead atoms. The lowest BCUT2D eigenvalue weighted by Crippen LogP contribution is -2.09. The van der Waals surface area contributed by atoms with Crippen LogP contribution in [0.4, 0.5) is 5.69 Å². The first-order chi connectivity index (χ1) is 7.56. The smallest absolute Gasteiger partial charge is 0.200 e. The molecule has 82 valence electrons. The Morgan fingerprint density at radius 1 is 1.12 bits per heavy atom. The number of benzene rings is 1. The molecule has 0 fully saturated rings. The predicted molar refractivity (Wildman–Crippen MR) is 60.1 cm³/mol. The van der Waals surface area contributed by atoms with Crippen LogP contribution in [0, 0.1) is 0 Å². The van der Waals surface area contributed by atoms with Gasteiger partial charge in [-0.1, -0.05) is 0 Å². The van der Waals surface area contributed by atoms with Gasteiger partial charge in [-0.05, 0) is 18.2 Å². The van der Waals surface area contributed by atoms with Gasteiger partial charge in [-0.15, -0.1) is 0 Å². The number of hydrogen-bond donors (Lipinski definition) is 1. The second kappa shape index (κ2) is 3.48. The van der Waals surface area contributed by atoms with E-state index >= 15 is 0 Å². The molecule has 4 nitrogen and oxygen atoms in total. The molecule has 16 heavy (non-hydrogen) atoms. The third-order valence-electron chi connectivity index (χ3n) is 2.63. The molecule has 0 aromatic heterocycles. The quantitative estimate of drug-likeness (QED) is 0.440. The molecule has 0 heterocycles. The molecular weight excluding hydrogens is 206 g/mol. The van der Waals surface area contributed by atoms with Crippen LogP contribution in [-0.4, -0.2) is 30.8 Å². The number of carbonyl (C=O) groups is 2. The maximum Gasteiger partial charge on any atom is 0.200 e. The van der Waals surface area contributed by atoms with Crippen molar-refractivity contribution in [1.29, 1.82) is 0 Å². The van der Waals surface area contributed by atoms with Gasteiger partial charge in [0.25, 0.3) is 0 Å². The fraction of sp³-hybridized carbons (Fsp3) is 0.167. The van der Waals surface area contributed by atoms with Crippen LogP contribution in [0.1, 0.15) is 20.7 Å². The number of Topliss-reactive ketones (excluding diaryl/α,β-unsaturated/α-hetero) is 2. The number of nitrogens with zero attached hydrogens (tertiary/aromatic N) is 1. The zero-order valence-electron chi connectivity index (χ0n) is 9.02. The highest BCUT2D eigenvalue weighted by molar-refractivity contribution is 6.39. The molecule has 1 aromatic carbocycles. The third kappa shape index (κ3) is 1.31. The highest BCUT2D eigenvalue weighted by Gasteiger charge is 2.33. The highest BCUT2D eigenvalue weighted by Crippen LogP contribution is 2.29. The van der Waals surface area contributed by atoms with Gasteiger partial charge in [-0.2, -0.15) is 0 Å². The molecule has 1 N–H and O–H groups in total. The summed E-state index contributed by atoms with van der Waals surface area (Å²) in [6.07, 6.45) is 0.583. The Morgan fingerprint density at radius 3 is 2.31 bits per heavy atom. The molecule has 2 rings (SSSR count). The minimum Gasteiger partial charge on any atom is -0.515 e. The standard InChI is InChI=1S/C12H11NO3/c1-13(2)7-3-4-8-9(5-7)12(16)10(6-14)11(8)15/h3-6,14H,1-2H3/b10-6-. The van der Waals surface area contributed by atoms with Crippen LogP contribution >= 0.6 is 0 Å². The Morgan fingerprint density at radius 2 is 1.75 bits per heavy atom. The summed E-state index contributed by atoms with van der Waals surface area (Å²) in [5.74, 6) is -0.820. The molecule has 1 aliphatic rings. The fourth-order valence-electron chi connectivity index (χ4n) is 1.71. The molecule has 0 spiro atoms. The first kappa shape index (κ1) is 10.4. The number of aliphatic hydroxyl groups is 1. The molecule has 4 heteroatoms. The fourth-order valence-corrected chi connectivity index (χ4v) is 1.71. The highest BCUT2D eigenvalue weighted by atomic mass is 16.2. The monoisotopic (exact) mass is 217 g/mol. The number of rotatable bonds is 1. The summed E-state index contributed by atoms with van der Waals surface area (Å²) in [7, 11) is 3.71. The van der Waals surface area contributed by atoms with Crippen LogP contribution in [0.15, 0.2) is 30.0 Å². The van der Waals surface area contributed by atoms with Gasteiger partial charge in [0.05, 0.1) is 6.26 Å². The normalized spacial score (nSPS) is 16.8. The molecule has 0 amide bonds. The van der Waals surface area contributed by atoms with Crippen LogP contribution in [0.2, 0.25) is 0 Å². The molecule has 1 aromatic rings. The van der Waals surface area contributed by atoms with E-state index in [1.807, 2.05) is 19.0 Å². The van der Waals surface area contributed by atoms with Gasteiger partial charge in [0.1, 0.15) is 5.57 Å². The van der Waals surface area contributed by atoms with Crippen molar-refractivity contribution in [3.8, 4) is 0 Å². The van der Waals surface area contributed by atoms with Crippen molar-refractivity contribution in [3.05, 3.63) is 41.2 Å². The first-order valence-electron chi connectivity index (χ1n) is 4.81. The van der Waals surface area contributed by atoms with E-state index in [1.165, 1.54) is 0 Å². The molecule has 0 radical (unpaired) electrons. The van der Waals surface area contributed by atoms with Gasteiger partial charge in [0, 0.05) is 30.9 Å². The van der Waals surface area contributed by atoms with E-state index in [-0.39, 0.29) is 5.57 Å². The van der Waals surface area contributed by atoms with E-state index in [2.05, 4.69) is 0 Å². The Labute approximate surface area is 92.8 Å². The van der Waals surface area contributed by atoms with Crippen LogP contribution in [0.3, 0.4) is 0 Å². The average molecular weight is 217 g/mol. The van der Waals surface area contributed by atoms with Gasteiger partial charge in [0.15, 0.2) is 0 Å². The van der Waals surface area contributed by atoms with Crippen molar-refractivity contribution in [3.63, 3.8) is 0 Å². The predicted octanol–water partition coefficient (Wildman–Crippen LogP) is 1.57. The van der Waals surface area contributed by atoms with E-state index in [0.29, 0.717) is 17.4 Å². The number of aliphatic hydroxyl groups excluding tert-OH is 1. The zero-order chi connectivity index (χ0) is 11.9. The van der Waals surface area contributed by atoms with Gasteiger partial charge in [0.2, 0.25) is 11.6 Å². The lowest BCUT2D eigenvalue weighted by atomic mass is 10.1. The first-order valence-corrected chi connectivity index (χ1v) is 4.81. The maximum absolute atomic E-state index is 11.7. The number of hydrogen-bond acceptors (Lipinski definition) is 4. The summed E-state index contributed by atoms with van der Waals surface area (Å²) in [5.41, 5.74) is 1.40. The maximum atomic E-state index is 11.7. The molecule has 0 atom stereocenters. The largest absolute Gasteiger partial charge is 0.515 e. The Hall–Kier alpha value is -2.10. The zero-order valence-corrected chi connectivity index (χ0v) is 9.02. The van der Waals surface area contributed by atoms with Gasteiger partial charge in [-0.3, -0.25) is 9.59 Å². The van der Waals surface area contributed by atoms with Crippen LogP contribution in [0.5, 0.6) is 0 Å². The second-order valence-corrected chi connectivity index (χ2v) is 3.83. The molecule has 0 aliphatic heterocycles. The van der Waals surface area contributed by atoms with Crippen molar-refractivity contribution >= 4 is 17.3 Å². The Kier molecular flexibility index (Phi) is 2.27. The van der Waals surface area contributed by atoms with Gasteiger partial charge >= 0.3 is 0 Å². The second-order valence-electron chi connectivity index (χ2n) is 3.83. The van der Waals surface area contributed by atoms with Crippen molar-refractivity contribution < 1.29 is 14.7 Å². The van der Waals surface area contributed by atoms with Gasteiger partial charge < -0.3 is 10.0 Å².